The van der Waals surface area contributed by atoms with Crippen molar-refractivity contribution in [3.05, 3.63) is 95.1 Å². The predicted molar refractivity (Wildman–Crippen MR) is 127 cm³/mol. The normalized spacial score (nSPS) is 19.5. The van der Waals surface area contributed by atoms with E-state index in [0.29, 0.717) is 18.4 Å². The molecular formula is C27H29N3O. The molecule has 0 aromatic heterocycles. The number of hydrogen-bond acceptors (Lipinski definition) is 2. The van der Waals surface area contributed by atoms with Crippen LogP contribution in [-0.2, 0) is 0 Å². The predicted octanol–water partition coefficient (Wildman–Crippen LogP) is 5.71. The fourth-order valence-corrected chi connectivity index (χ4v) is 5.26. The zero-order valence-corrected chi connectivity index (χ0v) is 18.0. The van der Waals surface area contributed by atoms with Crippen LogP contribution in [0.15, 0.2) is 72.8 Å². The molecule has 4 heteroatoms. The monoisotopic (exact) mass is 411 g/mol. The minimum absolute atomic E-state index is 0.148. The minimum atomic E-state index is -0.148. The van der Waals surface area contributed by atoms with E-state index in [2.05, 4.69) is 88.3 Å². The summed E-state index contributed by atoms with van der Waals surface area (Å²) in [7, 11) is 0. The highest BCUT2D eigenvalue weighted by Crippen LogP contribution is 2.49. The summed E-state index contributed by atoms with van der Waals surface area (Å²) in [4.78, 5) is 14.9. The third kappa shape index (κ3) is 3.78. The highest BCUT2D eigenvalue weighted by Gasteiger charge is 2.35. The van der Waals surface area contributed by atoms with Gasteiger partial charge in [0.1, 0.15) is 0 Å². The molecule has 2 aliphatic heterocycles. The van der Waals surface area contributed by atoms with Crippen LogP contribution in [0, 0.1) is 0 Å². The molecule has 0 spiro atoms. The topological polar surface area (TPSA) is 44.4 Å². The van der Waals surface area contributed by atoms with Crippen molar-refractivity contribution >= 4 is 17.4 Å². The molecule has 2 aliphatic rings. The molecule has 0 aliphatic carbocycles. The van der Waals surface area contributed by atoms with E-state index in [1.807, 2.05) is 6.92 Å². The van der Waals surface area contributed by atoms with Gasteiger partial charge in [-0.05, 0) is 54.2 Å². The summed E-state index contributed by atoms with van der Waals surface area (Å²) in [6, 6.07) is 25.8. The highest BCUT2D eigenvalue weighted by molar-refractivity contribution is 5.90. The van der Waals surface area contributed by atoms with E-state index in [9.17, 15) is 4.79 Å². The van der Waals surface area contributed by atoms with Crippen molar-refractivity contribution in [3.63, 3.8) is 0 Å². The van der Waals surface area contributed by atoms with Crippen LogP contribution in [-0.4, -0.2) is 25.7 Å². The molecule has 2 N–H and O–H groups in total. The molecule has 4 nitrogen and oxygen atoms in total. The van der Waals surface area contributed by atoms with Crippen molar-refractivity contribution in [3.8, 4) is 0 Å². The van der Waals surface area contributed by atoms with Gasteiger partial charge in [-0.25, -0.2) is 4.79 Å². The first-order valence-electron chi connectivity index (χ1n) is 11.3. The molecule has 31 heavy (non-hydrogen) atoms. The molecule has 0 saturated carbocycles. The lowest BCUT2D eigenvalue weighted by atomic mass is 9.76. The van der Waals surface area contributed by atoms with Crippen LogP contribution in [0.3, 0.4) is 0 Å². The molecule has 2 atom stereocenters. The van der Waals surface area contributed by atoms with Crippen molar-refractivity contribution < 1.29 is 4.79 Å². The third-order valence-electron chi connectivity index (χ3n) is 6.61. The molecule has 0 saturated heterocycles. The van der Waals surface area contributed by atoms with E-state index in [1.54, 1.807) is 0 Å². The fraction of sp³-hybridized carbons (Fsp3) is 0.296. The molecule has 0 fully saturated rings. The number of urea groups is 1. The van der Waals surface area contributed by atoms with E-state index >= 15 is 0 Å². The molecule has 0 bridgehead atoms. The first-order valence-corrected chi connectivity index (χ1v) is 11.3. The average molecular weight is 412 g/mol. The lowest BCUT2D eigenvalue weighted by Crippen LogP contribution is -2.38. The Labute approximate surface area is 184 Å². The Kier molecular flexibility index (Phi) is 5.37. The Balaban J connectivity index is 1.65. The molecule has 5 rings (SSSR count). The number of nitrogens with zero attached hydrogens (tertiary/aromatic N) is 1. The van der Waals surface area contributed by atoms with Crippen LogP contribution < -0.4 is 15.5 Å². The van der Waals surface area contributed by atoms with Crippen molar-refractivity contribution in [2.75, 3.05) is 29.9 Å². The number of nitrogens with one attached hydrogen (secondary N) is 2. The Bertz CT molecular complexity index is 992. The van der Waals surface area contributed by atoms with Gasteiger partial charge in [-0.1, -0.05) is 60.7 Å². The van der Waals surface area contributed by atoms with E-state index < -0.39 is 0 Å². The zero-order valence-electron chi connectivity index (χ0n) is 18.0. The SMILES string of the molecule is CCNC(=O)Nc1cc2c3c(c1)C(c1ccccc1)CCN3CCC2c1ccccc1. The zero-order chi connectivity index (χ0) is 21.2. The third-order valence-corrected chi connectivity index (χ3v) is 6.61. The highest BCUT2D eigenvalue weighted by atomic mass is 16.2. The average Bonchev–Trinajstić information content (AvgIpc) is 2.81. The lowest BCUT2D eigenvalue weighted by molar-refractivity contribution is 0.252. The van der Waals surface area contributed by atoms with Gasteiger partial charge in [0, 0.05) is 42.8 Å². The number of anilines is 2. The molecule has 0 radical (unpaired) electrons. The van der Waals surface area contributed by atoms with Crippen molar-refractivity contribution in [2.24, 2.45) is 0 Å². The summed E-state index contributed by atoms with van der Waals surface area (Å²) in [6.07, 6.45) is 2.19. The lowest BCUT2D eigenvalue weighted by Gasteiger charge is -2.43. The molecular weight excluding hydrogens is 382 g/mol. The van der Waals surface area contributed by atoms with Gasteiger partial charge in [0.2, 0.25) is 0 Å². The molecule has 2 heterocycles. The summed E-state index contributed by atoms with van der Waals surface area (Å²) >= 11 is 0. The Morgan fingerprint density at radius 3 is 1.87 bits per heavy atom. The van der Waals surface area contributed by atoms with Gasteiger partial charge in [0.05, 0.1) is 0 Å². The van der Waals surface area contributed by atoms with E-state index in [0.717, 1.165) is 31.6 Å². The molecule has 2 unspecified atom stereocenters. The number of benzene rings is 3. The smallest absolute Gasteiger partial charge is 0.319 e. The largest absolute Gasteiger partial charge is 0.371 e. The molecule has 3 aromatic rings. The first-order chi connectivity index (χ1) is 15.2. The van der Waals surface area contributed by atoms with Gasteiger partial charge >= 0.3 is 6.03 Å². The van der Waals surface area contributed by atoms with Crippen molar-refractivity contribution in [2.45, 2.75) is 31.6 Å². The molecule has 2 amide bonds. The molecule has 158 valence electrons. The second-order valence-corrected chi connectivity index (χ2v) is 8.48. The van der Waals surface area contributed by atoms with Gasteiger partial charge in [-0.2, -0.15) is 0 Å². The molecule has 3 aromatic carbocycles. The number of hydrogen-bond donors (Lipinski definition) is 2. The summed E-state index contributed by atoms with van der Waals surface area (Å²) in [5.74, 6) is 0.688. The number of amides is 2. The van der Waals surface area contributed by atoms with E-state index in [-0.39, 0.29) is 6.03 Å². The van der Waals surface area contributed by atoms with Crippen LogP contribution in [0.25, 0.3) is 0 Å². The maximum absolute atomic E-state index is 12.3. The van der Waals surface area contributed by atoms with Gasteiger partial charge < -0.3 is 15.5 Å². The Morgan fingerprint density at radius 1 is 0.871 bits per heavy atom. The van der Waals surface area contributed by atoms with Crippen LogP contribution in [0.5, 0.6) is 0 Å². The van der Waals surface area contributed by atoms with Crippen LogP contribution in [0.1, 0.15) is 53.9 Å². The maximum atomic E-state index is 12.3. The Morgan fingerprint density at radius 2 is 1.39 bits per heavy atom. The fourth-order valence-electron chi connectivity index (χ4n) is 5.26. The van der Waals surface area contributed by atoms with Crippen LogP contribution >= 0.6 is 0 Å². The van der Waals surface area contributed by atoms with E-state index in [4.69, 9.17) is 0 Å². The summed E-state index contributed by atoms with van der Waals surface area (Å²) in [5.41, 5.74) is 7.62. The number of carbonyl (C=O) groups excluding carboxylic acids is 1. The Hall–Kier alpha value is -3.27. The summed E-state index contributed by atoms with van der Waals surface area (Å²) < 4.78 is 0. The van der Waals surface area contributed by atoms with Crippen molar-refractivity contribution in [1.82, 2.24) is 5.32 Å². The maximum Gasteiger partial charge on any atom is 0.319 e. The summed E-state index contributed by atoms with van der Waals surface area (Å²) in [6.45, 7) is 4.69. The quantitative estimate of drug-likeness (QED) is 0.578. The standard InChI is InChI=1S/C27H29N3O/c1-2-28-27(31)29-21-17-24-22(19-9-5-3-6-10-19)13-15-30-16-14-23(25(18-21)26(24)30)20-11-7-4-8-12-20/h3-12,17-18,22-23H,2,13-16H2,1H3,(H2,28,29,31). The van der Waals surface area contributed by atoms with Crippen LogP contribution in [0.2, 0.25) is 0 Å². The second kappa shape index (κ2) is 8.46. The second-order valence-electron chi connectivity index (χ2n) is 8.48. The van der Waals surface area contributed by atoms with Gasteiger partial charge in [0.15, 0.2) is 0 Å². The number of rotatable bonds is 4. The summed E-state index contributed by atoms with van der Waals surface area (Å²) in [5, 5.41) is 5.94. The first kappa shape index (κ1) is 19.7. The van der Waals surface area contributed by atoms with Crippen molar-refractivity contribution in [1.29, 1.82) is 0 Å². The minimum Gasteiger partial charge on any atom is -0.371 e. The van der Waals surface area contributed by atoms with Gasteiger partial charge in [-0.15, -0.1) is 0 Å². The van der Waals surface area contributed by atoms with Crippen LogP contribution in [0.4, 0.5) is 16.2 Å². The van der Waals surface area contributed by atoms with Gasteiger partial charge in [-0.3, -0.25) is 0 Å². The van der Waals surface area contributed by atoms with Gasteiger partial charge in [0.25, 0.3) is 0 Å². The van der Waals surface area contributed by atoms with E-state index in [1.165, 1.54) is 27.9 Å². The number of carbonyl (C=O) groups is 1.